The summed E-state index contributed by atoms with van der Waals surface area (Å²) < 4.78 is 5.90. The number of carbonyl (C=O) groups excluding carboxylic acids is 1. The maximum absolute atomic E-state index is 12.5. The van der Waals surface area contributed by atoms with E-state index in [1.54, 1.807) is 23.1 Å². The Morgan fingerprint density at radius 1 is 1.30 bits per heavy atom. The monoisotopic (exact) mass is 401 g/mol. The molecule has 1 aromatic carbocycles. The van der Waals surface area contributed by atoms with Crippen LogP contribution in [0, 0.1) is 6.92 Å². The molecule has 3 heterocycles. The van der Waals surface area contributed by atoms with Gasteiger partial charge in [0, 0.05) is 42.3 Å². The van der Waals surface area contributed by atoms with E-state index in [1.807, 2.05) is 36.1 Å². The van der Waals surface area contributed by atoms with E-state index in [-0.39, 0.29) is 5.91 Å². The molecule has 0 saturated carbocycles. The molecule has 0 radical (unpaired) electrons. The molecule has 7 heteroatoms. The van der Waals surface area contributed by atoms with Gasteiger partial charge in [-0.2, -0.15) is 11.8 Å². The second-order valence-corrected chi connectivity index (χ2v) is 9.00. The number of carbonyl (C=O) groups is 1. The quantitative estimate of drug-likeness (QED) is 0.564. The van der Waals surface area contributed by atoms with Crippen LogP contribution in [0.5, 0.6) is 0 Å². The predicted molar refractivity (Wildman–Crippen MR) is 110 cm³/mol. The summed E-state index contributed by atoms with van der Waals surface area (Å²) in [6, 6.07) is 7.87. The smallest absolute Gasteiger partial charge is 0.223 e. The van der Waals surface area contributed by atoms with Gasteiger partial charge in [0.15, 0.2) is 11.5 Å². The molecule has 1 fully saturated rings. The molecule has 0 atom stereocenters. The highest BCUT2D eigenvalue weighted by Crippen LogP contribution is 2.30. The van der Waals surface area contributed by atoms with Crippen LogP contribution in [0.2, 0.25) is 0 Å². The number of benzene rings is 1. The Bertz CT molecular complexity index is 880. The van der Waals surface area contributed by atoms with E-state index < -0.39 is 0 Å². The highest BCUT2D eigenvalue weighted by molar-refractivity contribution is 7.98. The predicted octanol–water partition coefficient (Wildman–Crippen LogP) is 4.62. The molecule has 3 aromatic rings. The molecule has 1 amide bonds. The van der Waals surface area contributed by atoms with E-state index in [9.17, 15) is 4.79 Å². The average molecular weight is 402 g/mol. The summed E-state index contributed by atoms with van der Waals surface area (Å²) in [5.74, 6) is 3.12. The Kier molecular flexibility index (Phi) is 5.78. The lowest BCUT2D eigenvalue weighted by molar-refractivity contribution is -0.131. The van der Waals surface area contributed by atoms with Crippen molar-refractivity contribution in [2.45, 2.75) is 37.9 Å². The third-order valence-electron chi connectivity index (χ3n) is 4.88. The molecule has 0 bridgehead atoms. The fourth-order valence-corrected chi connectivity index (χ4v) is 4.95. The number of para-hydroxylation sites is 2. The van der Waals surface area contributed by atoms with Crippen LogP contribution in [-0.2, 0) is 10.5 Å². The number of nitrogens with zero attached hydrogens (tertiary/aromatic N) is 3. The summed E-state index contributed by atoms with van der Waals surface area (Å²) in [5.41, 5.74) is 2.88. The van der Waals surface area contributed by atoms with Gasteiger partial charge in [0.2, 0.25) is 5.91 Å². The average Bonchev–Trinajstić information content (AvgIpc) is 3.31. The molecule has 0 unspecified atom stereocenters. The molecule has 142 valence electrons. The van der Waals surface area contributed by atoms with Crippen molar-refractivity contribution >= 4 is 40.1 Å². The van der Waals surface area contributed by atoms with Crippen LogP contribution in [0.3, 0.4) is 0 Å². The van der Waals surface area contributed by atoms with Crippen molar-refractivity contribution in [3.63, 3.8) is 0 Å². The molecule has 1 saturated heterocycles. The fraction of sp³-hybridized carbons (Fsp3) is 0.450. The fourth-order valence-electron chi connectivity index (χ4n) is 3.41. The van der Waals surface area contributed by atoms with E-state index in [0.29, 0.717) is 12.3 Å². The maximum Gasteiger partial charge on any atom is 0.223 e. The van der Waals surface area contributed by atoms with E-state index in [2.05, 4.69) is 15.3 Å². The molecule has 27 heavy (non-hydrogen) atoms. The summed E-state index contributed by atoms with van der Waals surface area (Å²) in [7, 11) is 0. The number of rotatable bonds is 6. The maximum atomic E-state index is 12.5. The van der Waals surface area contributed by atoms with Gasteiger partial charge in [0.1, 0.15) is 5.52 Å². The number of thioether (sulfide) groups is 1. The largest absolute Gasteiger partial charge is 0.440 e. The van der Waals surface area contributed by atoms with Gasteiger partial charge >= 0.3 is 0 Å². The molecule has 0 aliphatic carbocycles. The van der Waals surface area contributed by atoms with Gasteiger partial charge in [-0.15, -0.1) is 11.3 Å². The standard InChI is InChI=1S/C20H23N3O2S2/c1-14-21-16(13-27-14)12-26-11-8-19(24)23-9-6-15(7-10-23)20-22-17-4-2-3-5-18(17)25-20/h2-5,13,15H,6-12H2,1H3. The molecule has 0 N–H and O–H groups in total. The number of aromatic nitrogens is 2. The minimum atomic E-state index is 0.257. The minimum Gasteiger partial charge on any atom is -0.440 e. The van der Waals surface area contributed by atoms with Crippen molar-refractivity contribution in [3.8, 4) is 0 Å². The number of hydrogen-bond acceptors (Lipinski definition) is 6. The molecule has 5 nitrogen and oxygen atoms in total. The summed E-state index contributed by atoms with van der Waals surface area (Å²) in [4.78, 5) is 23.5. The number of aryl methyl sites for hydroxylation is 1. The Hall–Kier alpha value is -1.86. The lowest BCUT2D eigenvalue weighted by Crippen LogP contribution is -2.38. The van der Waals surface area contributed by atoms with Crippen LogP contribution in [-0.4, -0.2) is 39.6 Å². The zero-order valence-corrected chi connectivity index (χ0v) is 17.0. The highest BCUT2D eigenvalue weighted by atomic mass is 32.2. The lowest BCUT2D eigenvalue weighted by atomic mass is 9.96. The Morgan fingerprint density at radius 2 is 2.11 bits per heavy atom. The van der Waals surface area contributed by atoms with Crippen LogP contribution in [0.4, 0.5) is 0 Å². The molecule has 2 aromatic heterocycles. The first-order valence-corrected chi connectivity index (χ1v) is 11.3. The van der Waals surface area contributed by atoms with Gasteiger partial charge in [0.25, 0.3) is 0 Å². The zero-order valence-electron chi connectivity index (χ0n) is 15.4. The number of likely N-dealkylation sites (tertiary alicyclic amines) is 1. The summed E-state index contributed by atoms with van der Waals surface area (Å²) in [5, 5.41) is 3.20. The Balaban J connectivity index is 1.22. The van der Waals surface area contributed by atoms with Crippen LogP contribution in [0.1, 0.15) is 41.8 Å². The number of fused-ring (bicyclic) bond motifs is 1. The summed E-state index contributed by atoms with van der Waals surface area (Å²) >= 11 is 3.46. The first kappa shape index (κ1) is 18.5. The van der Waals surface area contributed by atoms with Crippen LogP contribution in [0.15, 0.2) is 34.1 Å². The molecule has 1 aliphatic rings. The third-order valence-corrected chi connectivity index (χ3v) is 6.70. The molecule has 4 rings (SSSR count). The summed E-state index contributed by atoms with van der Waals surface area (Å²) in [6.07, 6.45) is 2.44. The first-order chi connectivity index (χ1) is 13.2. The van der Waals surface area contributed by atoms with Gasteiger partial charge in [-0.1, -0.05) is 12.1 Å². The van der Waals surface area contributed by atoms with Crippen molar-refractivity contribution < 1.29 is 9.21 Å². The number of thiazole rings is 1. The van der Waals surface area contributed by atoms with Gasteiger partial charge in [-0.25, -0.2) is 9.97 Å². The Morgan fingerprint density at radius 3 is 2.85 bits per heavy atom. The van der Waals surface area contributed by atoms with E-state index >= 15 is 0 Å². The van der Waals surface area contributed by atoms with Crippen molar-refractivity contribution in [3.05, 3.63) is 46.2 Å². The van der Waals surface area contributed by atoms with Crippen LogP contribution >= 0.6 is 23.1 Å². The third kappa shape index (κ3) is 4.52. The highest BCUT2D eigenvalue weighted by Gasteiger charge is 2.26. The number of hydrogen-bond donors (Lipinski definition) is 0. The van der Waals surface area contributed by atoms with E-state index in [4.69, 9.17) is 4.42 Å². The van der Waals surface area contributed by atoms with Crippen LogP contribution < -0.4 is 0 Å². The topological polar surface area (TPSA) is 59.2 Å². The first-order valence-electron chi connectivity index (χ1n) is 9.31. The number of amides is 1. The minimum absolute atomic E-state index is 0.257. The second kappa shape index (κ2) is 8.44. The SMILES string of the molecule is Cc1nc(CSCCC(=O)N2CCC(c3nc4ccccc4o3)CC2)cs1. The number of oxazole rings is 1. The normalized spacial score (nSPS) is 15.5. The van der Waals surface area contributed by atoms with Crippen molar-refractivity contribution in [2.75, 3.05) is 18.8 Å². The van der Waals surface area contributed by atoms with E-state index in [1.165, 1.54) is 0 Å². The number of piperidine rings is 1. The molecular formula is C20H23N3O2S2. The molecule has 1 aliphatic heterocycles. The molecule has 0 spiro atoms. The lowest BCUT2D eigenvalue weighted by Gasteiger charge is -2.30. The molecular weight excluding hydrogens is 378 g/mol. The van der Waals surface area contributed by atoms with Gasteiger partial charge in [-0.05, 0) is 31.9 Å². The second-order valence-electron chi connectivity index (χ2n) is 6.84. The van der Waals surface area contributed by atoms with Gasteiger partial charge in [0.05, 0.1) is 10.7 Å². The van der Waals surface area contributed by atoms with Crippen molar-refractivity contribution in [1.29, 1.82) is 0 Å². The van der Waals surface area contributed by atoms with Crippen LogP contribution in [0.25, 0.3) is 11.1 Å². The van der Waals surface area contributed by atoms with Crippen molar-refractivity contribution in [1.82, 2.24) is 14.9 Å². The van der Waals surface area contributed by atoms with Gasteiger partial charge in [-0.3, -0.25) is 4.79 Å². The van der Waals surface area contributed by atoms with E-state index in [0.717, 1.165) is 65.1 Å². The van der Waals surface area contributed by atoms with Crippen molar-refractivity contribution in [2.24, 2.45) is 0 Å². The summed E-state index contributed by atoms with van der Waals surface area (Å²) in [6.45, 7) is 3.60. The van der Waals surface area contributed by atoms with Gasteiger partial charge < -0.3 is 9.32 Å². The Labute approximate surface area is 167 Å². The zero-order chi connectivity index (χ0) is 18.6.